The maximum atomic E-state index is 13.6. The maximum Gasteiger partial charge on any atom is 0.128 e. The molecular formula is C16H14F2N2S. The van der Waals surface area contributed by atoms with E-state index in [4.69, 9.17) is 5.73 Å². The molecule has 0 aliphatic carbocycles. The Morgan fingerprint density at radius 2 is 1.90 bits per heavy atom. The fourth-order valence-corrected chi connectivity index (χ4v) is 3.12. The maximum absolute atomic E-state index is 13.6. The summed E-state index contributed by atoms with van der Waals surface area (Å²) in [6, 6.07) is 12.8. The van der Waals surface area contributed by atoms with Crippen molar-refractivity contribution in [2.75, 3.05) is 5.75 Å². The van der Waals surface area contributed by atoms with E-state index in [0.717, 1.165) is 34.1 Å². The van der Waals surface area contributed by atoms with Crippen LogP contribution in [-0.2, 0) is 0 Å². The van der Waals surface area contributed by atoms with Gasteiger partial charge in [0.25, 0.3) is 0 Å². The number of rotatable bonds is 4. The summed E-state index contributed by atoms with van der Waals surface area (Å²) in [4.78, 5) is 3.27. The van der Waals surface area contributed by atoms with E-state index in [1.807, 2.05) is 30.3 Å². The van der Waals surface area contributed by atoms with Gasteiger partial charge < -0.3 is 10.7 Å². The minimum Gasteiger partial charge on any atom is -0.350 e. The molecule has 108 valence electrons. The van der Waals surface area contributed by atoms with Gasteiger partial charge in [-0.1, -0.05) is 18.2 Å². The minimum absolute atomic E-state index is 0.207. The number of benzene rings is 2. The van der Waals surface area contributed by atoms with Crippen LogP contribution in [0.2, 0.25) is 0 Å². The lowest BCUT2D eigenvalue weighted by Gasteiger charge is -2.12. The number of aromatic nitrogens is 1. The number of nitrogens with one attached hydrogen (secondary N) is 1. The summed E-state index contributed by atoms with van der Waals surface area (Å²) in [5.41, 5.74) is 7.22. The normalized spacial score (nSPS) is 12.7. The lowest BCUT2D eigenvalue weighted by molar-refractivity contribution is 0.573. The smallest absolute Gasteiger partial charge is 0.128 e. The summed E-state index contributed by atoms with van der Waals surface area (Å²) in [5.74, 6) is -0.480. The largest absolute Gasteiger partial charge is 0.350 e. The monoisotopic (exact) mass is 304 g/mol. The van der Waals surface area contributed by atoms with Crippen molar-refractivity contribution in [3.05, 3.63) is 65.7 Å². The van der Waals surface area contributed by atoms with E-state index >= 15 is 0 Å². The Labute approximate surface area is 125 Å². The number of H-pyrrole nitrogens is 1. The van der Waals surface area contributed by atoms with Gasteiger partial charge in [0.2, 0.25) is 0 Å². The number of hydrogen-bond acceptors (Lipinski definition) is 2. The third-order valence-electron chi connectivity index (χ3n) is 3.28. The molecule has 3 rings (SSSR count). The van der Waals surface area contributed by atoms with Crippen molar-refractivity contribution < 1.29 is 8.78 Å². The van der Waals surface area contributed by atoms with Gasteiger partial charge in [-0.05, 0) is 30.3 Å². The molecule has 3 N–H and O–H groups in total. The second-order valence-corrected chi connectivity index (χ2v) is 5.87. The summed E-state index contributed by atoms with van der Waals surface area (Å²) < 4.78 is 26.8. The van der Waals surface area contributed by atoms with Gasteiger partial charge in [0.1, 0.15) is 11.6 Å². The molecule has 0 fully saturated rings. The number of halogens is 2. The van der Waals surface area contributed by atoms with Gasteiger partial charge in [-0.3, -0.25) is 0 Å². The zero-order chi connectivity index (χ0) is 14.8. The lowest BCUT2D eigenvalue weighted by atomic mass is 10.1. The Morgan fingerprint density at radius 1 is 1.10 bits per heavy atom. The first-order valence-corrected chi connectivity index (χ1v) is 7.53. The highest BCUT2D eigenvalue weighted by molar-refractivity contribution is 7.99. The van der Waals surface area contributed by atoms with Crippen molar-refractivity contribution >= 4 is 22.7 Å². The molecular weight excluding hydrogens is 290 g/mol. The van der Waals surface area contributed by atoms with Gasteiger partial charge in [0.15, 0.2) is 0 Å². The summed E-state index contributed by atoms with van der Waals surface area (Å²) in [6.07, 6.45) is 0. The Morgan fingerprint density at radius 3 is 2.71 bits per heavy atom. The summed E-state index contributed by atoms with van der Waals surface area (Å²) in [5, 5.41) is 2.08. The fourth-order valence-electron chi connectivity index (χ4n) is 2.19. The predicted molar refractivity (Wildman–Crippen MR) is 82.3 cm³/mol. The topological polar surface area (TPSA) is 41.8 Å². The van der Waals surface area contributed by atoms with Crippen LogP contribution >= 0.6 is 11.8 Å². The fraction of sp³-hybridized carbons (Fsp3) is 0.125. The van der Waals surface area contributed by atoms with Crippen LogP contribution in [0.1, 0.15) is 11.6 Å². The highest BCUT2D eigenvalue weighted by Crippen LogP contribution is 2.27. The molecule has 0 radical (unpaired) electrons. The number of thioether (sulfide) groups is 1. The first-order valence-electron chi connectivity index (χ1n) is 6.54. The molecule has 1 aromatic heterocycles. The lowest BCUT2D eigenvalue weighted by Crippen LogP contribution is -2.15. The number of nitrogens with two attached hydrogens (primary N) is 1. The molecule has 3 aromatic rings. The van der Waals surface area contributed by atoms with Crippen LogP contribution in [0.15, 0.2) is 53.6 Å². The second-order valence-electron chi connectivity index (χ2n) is 4.80. The molecule has 2 nitrogen and oxygen atoms in total. The molecule has 1 unspecified atom stereocenters. The summed E-state index contributed by atoms with van der Waals surface area (Å²) in [7, 11) is 0. The van der Waals surface area contributed by atoms with Crippen LogP contribution < -0.4 is 5.73 Å². The Kier molecular flexibility index (Phi) is 3.94. The Bertz CT molecular complexity index is 737. The number of fused-ring (bicyclic) bond motifs is 1. The molecule has 2 aromatic carbocycles. The van der Waals surface area contributed by atoms with Crippen LogP contribution in [0.4, 0.5) is 8.78 Å². The molecule has 0 saturated carbocycles. The summed E-state index contributed by atoms with van der Waals surface area (Å²) in [6.45, 7) is 0. The van der Waals surface area contributed by atoms with Crippen molar-refractivity contribution in [1.82, 2.24) is 4.98 Å². The molecule has 0 bridgehead atoms. The van der Waals surface area contributed by atoms with E-state index in [2.05, 4.69) is 4.98 Å². The van der Waals surface area contributed by atoms with Crippen molar-refractivity contribution in [2.45, 2.75) is 11.1 Å². The minimum atomic E-state index is -0.558. The van der Waals surface area contributed by atoms with Gasteiger partial charge in [0, 0.05) is 28.3 Å². The van der Waals surface area contributed by atoms with Crippen molar-refractivity contribution in [3.8, 4) is 0 Å². The van der Waals surface area contributed by atoms with Gasteiger partial charge in [-0.2, -0.15) is 0 Å². The average molecular weight is 304 g/mol. The molecule has 0 spiro atoms. The number of hydrogen-bond donors (Lipinski definition) is 2. The van der Waals surface area contributed by atoms with Gasteiger partial charge in [-0.25, -0.2) is 8.78 Å². The van der Waals surface area contributed by atoms with E-state index in [1.54, 1.807) is 0 Å². The SMILES string of the molecule is NC(CSc1cc2ccccc2[nH]1)c1cc(F)ccc1F. The van der Waals surface area contributed by atoms with E-state index in [0.29, 0.717) is 5.75 Å². The Balaban J connectivity index is 1.73. The number of aromatic amines is 1. The van der Waals surface area contributed by atoms with Crippen LogP contribution in [0.25, 0.3) is 10.9 Å². The first-order chi connectivity index (χ1) is 10.1. The van der Waals surface area contributed by atoms with Crippen molar-refractivity contribution in [2.24, 2.45) is 5.73 Å². The van der Waals surface area contributed by atoms with Crippen LogP contribution in [-0.4, -0.2) is 10.7 Å². The third-order valence-corrected chi connectivity index (χ3v) is 4.34. The molecule has 0 amide bonds. The highest BCUT2D eigenvalue weighted by Gasteiger charge is 2.13. The molecule has 0 saturated heterocycles. The van der Waals surface area contributed by atoms with Gasteiger partial charge in [0.05, 0.1) is 5.03 Å². The third kappa shape index (κ3) is 3.09. The van der Waals surface area contributed by atoms with Gasteiger partial charge in [-0.15, -0.1) is 11.8 Å². The number of para-hydroxylation sites is 1. The van der Waals surface area contributed by atoms with Crippen molar-refractivity contribution in [3.63, 3.8) is 0 Å². The molecule has 21 heavy (non-hydrogen) atoms. The zero-order valence-electron chi connectivity index (χ0n) is 11.1. The van der Waals surface area contributed by atoms with Crippen LogP contribution in [0, 0.1) is 11.6 Å². The van der Waals surface area contributed by atoms with Crippen LogP contribution in [0.5, 0.6) is 0 Å². The predicted octanol–water partition coefficient (Wildman–Crippen LogP) is 4.24. The van der Waals surface area contributed by atoms with Gasteiger partial charge >= 0.3 is 0 Å². The van der Waals surface area contributed by atoms with E-state index in [-0.39, 0.29) is 5.56 Å². The Hall–Kier alpha value is -1.85. The quantitative estimate of drug-likeness (QED) is 0.708. The zero-order valence-corrected chi connectivity index (χ0v) is 12.0. The molecule has 0 aliphatic heterocycles. The highest BCUT2D eigenvalue weighted by atomic mass is 32.2. The molecule has 0 aliphatic rings. The van der Waals surface area contributed by atoms with Crippen molar-refractivity contribution in [1.29, 1.82) is 0 Å². The van der Waals surface area contributed by atoms with E-state index in [1.165, 1.54) is 11.8 Å². The average Bonchev–Trinajstić information content (AvgIpc) is 2.90. The molecule has 5 heteroatoms. The standard InChI is InChI=1S/C16H14F2N2S/c17-11-5-6-13(18)12(8-11)14(19)9-21-16-7-10-3-1-2-4-15(10)20-16/h1-8,14,20H,9,19H2. The van der Waals surface area contributed by atoms with E-state index in [9.17, 15) is 8.78 Å². The second kappa shape index (κ2) is 5.87. The van der Waals surface area contributed by atoms with Crippen LogP contribution in [0.3, 0.4) is 0 Å². The molecule has 1 atom stereocenters. The molecule has 1 heterocycles. The first kappa shape index (κ1) is 14.1. The van der Waals surface area contributed by atoms with E-state index < -0.39 is 17.7 Å². The summed E-state index contributed by atoms with van der Waals surface area (Å²) >= 11 is 1.49.